The van der Waals surface area contributed by atoms with E-state index in [1.807, 2.05) is 0 Å². The summed E-state index contributed by atoms with van der Waals surface area (Å²) in [5.41, 5.74) is 4.53. The molecule has 0 aromatic rings. The van der Waals surface area contributed by atoms with Crippen LogP contribution in [-0.2, 0) is 4.79 Å². The topological polar surface area (TPSA) is 17.1 Å². The monoisotopic (exact) mass is 498 g/mol. The Morgan fingerprint density at radius 2 is 1.56 bits per heavy atom. The lowest BCUT2D eigenvalue weighted by Crippen LogP contribution is -2.12. The highest BCUT2D eigenvalue weighted by molar-refractivity contribution is 5.80. The molecular formula is C35H62O. The van der Waals surface area contributed by atoms with Crippen LogP contribution in [0.25, 0.3) is 0 Å². The lowest BCUT2D eigenvalue weighted by atomic mass is 9.83. The summed E-state index contributed by atoms with van der Waals surface area (Å²) in [5.74, 6) is 3.72. The van der Waals surface area contributed by atoms with E-state index in [9.17, 15) is 4.79 Å². The molecule has 36 heavy (non-hydrogen) atoms. The number of hydrogen-bond acceptors (Lipinski definition) is 1. The molecule has 1 aliphatic rings. The van der Waals surface area contributed by atoms with Crippen LogP contribution in [0.15, 0.2) is 35.5 Å². The molecule has 1 nitrogen and oxygen atoms in total. The molecule has 0 aromatic carbocycles. The Morgan fingerprint density at radius 1 is 0.917 bits per heavy atom. The number of Topliss-reactive ketones (excluding diaryl/α,β-unsaturated/α-hetero) is 1. The average Bonchev–Trinajstić information content (AvgIpc) is 2.82. The summed E-state index contributed by atoms with van der Waals surface area (Å²) in [5, 5.41) is 0. The molecule has 1 heteroatoms. The minimum absolute atomic E-state index is 0.244. The van der Waals surface area contributed by atoms with Gasteiger partial charge in [-0.1, -0.05) is 109 Å². The average molecular weight is 499 g/mol. The van der Waals surface area contributed by atoms with Gasteiger partial charge in [-0.3, -0.25) is 4.79 Å². The fraction of sp³-hybridized carbons (Fsp3) is 0.800. The molecule has 0 N–H and O–H groups in total. The van der Waals surface area contributed by atoms with Gasteiger partial charge in [0.05, 0.1) is 0 Å². The van der Waals surface area contributed by atoms with Gasteiger partial charge in [0.25, 0.3) is 0 Å². The fourth-order valence-electron chi connectivity index (χ4n) is 5.61. The van der Waals surface area contributed by atoms with E-state index in [4.69, 9.17) is 0 Å². The smallest absolute Gasteiger partial charge is 0.135 e. The van der Waals surface area contributed by atoms with Gasteiger partial charge in [-0.25, -0.2) is 0 Å². The van der Waals surface area contributed by atoms with Gasteiger partial charge in [0.2, 0.25) is 0 Å². The Labute approximate surface area is 226 Å². The molecule has 0 aromatic heterocycles. The van der Waals surface area contributed by atoms with Crippen LogP contribution in [0.1, 0.15) is 151 Å². The van der Waals surface area contributed by atoms with Crippen LogP contribution in [0.3, 0.4) is 0 Å². The van der Waals surface area contributed by atoms with Crippen LogP contribution in [0, 0.1) is 29.6 Å². The summed E-state index contributed by atoms with van der Waals surface area (Å²) in [7, 11) is 0. The first-order valence-electron chi connectivity index (χ1n) is 15.6. The maximum Gasteiger partial charge on any atom is 0.135 e. The molecule has 0 amide bonds. The van der Waals surface area contributed by atoms with Crippen molar-refractivity contribution in [2.24, 2.45) is 29.6 Å². The highest BCUT2D eigenvalue weighted by Crippen LogP contribution is 2.30. The maximum atomic E-state index is 12.6. The molecule has 0 fully saturated rings. The van der Waals surface area contributed by atoms with Gasteiger partial charge in [0.15, 0.2) is 0 Å². The molecule has 4 atom stereocenters. The van der Waals surface area contributed by atoms with Crippen molar-refractivity contribution < 1.29 is 4.79 Å². The molecule has 1 aliphatic carbocycles. The summed E-state index contributed by atoms with van der Waals surface area (Å²) in [6.45, 7) is 20.4. The van der Waals surface area contributed by atoms with E-state index in [1.165, 1.54) is 81.8 Å². The second-order valence-corrected chi connectivity index (χ2v) is 13.0. The Balaban J connectivity index is 2.11. The third-order valence-corrected chi connectivity index (χ3v) is 8.69. The molecule has 1 rings (SSSR count). The molecule has 0 unspecified atom stereocenters. The minimum atomic E-state index is 0.244. The first kappa shape index (κ1) is 32.9. The van der Waals surface area contributed by atoms with Crippen LogP contribution in [0.4, 0.5) is 0 Å². The normalized spacial score (nSPS) is 19.2. The lowest BCUT2D eigenvalue weighted by molar-refractivity contribution is -0.122. The molecule has 0 aliphatic heterocycles. The molecule has 0 heterocycles. The molecule has 0 saturated carbocycles. The van der Waals surface area contributed by atoms with Crippen molar-refractivity contribution in [1.29, 1.82) is 0 Å². The molecule has 208 valence electrons. The molecule has 0 radical (unpaired) electrons. The third-order valence-electron chi connectivity index (χ3n) is 8.69. The standard InChI is InChI=1S/C35H62O/c1-27(2)13-9-14-28(3)18-12-20-33(8)35(36)26-23-30(5)16-10-15-29(4)17-11-19-32(7)34-24-21-31(6)22-25-34/h17,21,27-28,30,33-34H,7,9-16,18-20,22-26H2,1-6,8H3/b29-17-/t28-,30+,33+,34-/m0/s1. The number of ketones is 1. The number of rotatable bonds is 20. The fourth-order valence-corrected chi connectivity index (χ4v) is 5.61. The first-order valence-corrected chi connectivity index (χ1v) is 15.6. The molecular weight excluding hydrogens is 436 g/mol. The summed E-state index contributed by atoms with van der Waals surface area (Å²) in [4.78, 5) is 12.6. The molecule has 0 spiro atoms. The van der Waals surface area contributed by atoms with Gasteiger partial charge in [-0.2, -0.15) is 0 Å². The predicted molar refractivity (Wildman–Crippen MR) is 161 cm³/mol. The van der Waals surface area contributed by atoms with Crippen LogP contribution >= 0.6 is 0 Å². The van der Waals surface area contributed by atoms with Gasteiger partial charge in [0.1, 0.15) is 5.78 Å². The zero-order valence-electron chi connectivity index (χ0n) is 25.5. The van der Waals surface area contributed by atoms with Crippen molar-refractivity contribution >= 4 is 5.78 Å². The quantitative estimate of drug-likeness (QED) is 0.152. The van der Waals surface area contributed by atoms with E-state index in [0.717, 1.165) is 43.9 Å². The van der Waals surface area contributed by atoms with Crippen molar-refractivity contribution in [3.05, 3.63) is 35.5 Å². The zero-order chi connectivity index (χ0) is 26.9. The van der Waals surface area contributed by atoms with Gasteiger partial charge in [-0.15, -0.1) is 0 Å². The minimum Gasteiger partial charge on any atom is -0.299 e. The van der Waals surface area contributed by atoms with Crippen LogP contribution in [0.2, 0.25) is 0 Å². The number of hydrogen-bond donors (Lipinski definition) is 0. The van der Waals surface area contributed by atoms with E-state index < -0.39 is 0 Å². The van der Waals surface area contributed by atoms with E-state index in [-0.39, 0.29) is 5.92 Å². The van der Waals surface area contributed by atoms with Crippen molar-refractivity contribution in [3.8, 4) is 0 Å². The SMILES string of the molecule is C=C(CC/C=C(/C)CCC[C@@H](C)CCC(=O)[C@H](C)CCC[C@@H](C)CCCC(C)C)[C@H]1CC=C(C)CC1. The summed E-state index contributed by atoms with van der Waals surface area (Å²) in [6, 6.07) is 0. The van der Waals surface area contributed by atoms with Crippen LogP contribution in [0.5, 0.6) is 0 Å². The highest BCUT2D eigenvalue weighted by Gasteiger charge is 2.16. The Bertz CT molecular complexity index is 679. The summed E-state index contributed by atoms with van der Waals surface area (Å²) >= 11 is 0. The van der Waals surface area contributed by atoms with E-state index in [1.54, 1.807) is 5.57 Å². The highest BCUT2D eigenvalue weighted by atomic mass is 16.1. The van der Waals surface area contributed by atoms with Crippen molar-refractivity contribution in [1.82, 2.24) is 0 Å². The van der Waals surface area contributed by atoms with Crippen molar-refractivity contribution in [2.45, 2.75) is 151 Å². The van der Waals surface area contributed by atoms with Crippen molar-refractivity contribution in [3.63, 3.8) is 0 Å². The van der Waals surface area contributed by atoms with E-state index in [0.29, 0.717) is 17.6 Å². The van der Waals surface area contributed by atoms with Gasteiger partial charge in [0, 0.05) is 12.3 Å². The van der Waals surface area contributed by atoms with Gasteiger partial charge < -0.3 is 0 Å². The second-order valence-electron chi connectivity index (χ2n) is 13.0. The van der Waals surface area contributed by atoms with Crippen LogP contribution < -0.4 is 0 Å². The van der Waals surface area contributed by atoms with Crippen LogP contribution in [-0.4, -0.2) is 5.78 Å². The lowest BCUT2D eigenvalue weighted by Gasteiger charge is -2.22. The zero-order valence-corrected chi connectivity index (χ0v) is 25.5. The Kier molecular flexibility index (Phi) is 17.4. The maximum absolute atomic E-state index is 12.6. The van der Waals surface area contributed by atoms with Crippen molar-refractivity contribution in [2.75, 3.05) is 0 Å². The van der Waals surface area contributed by atoms with Gasteiger partial charge >= 0.3 is 0 Å². The largest absolute Gasteiger partial charge is 0.299 e. The summed E-state index contributed by atoms with van der Waals surface area (Å²) < 4.78 is 0. The van der Waals surface area contributed by atoms with E-state index >= 15 is 0 Å². The Hall–Kier alpha value is -1.11. The summed E-state index contributed by atoms with van der Waals surface area (Å²) in [6.07, 6.45) is 24.0. The first-order chi connectivity index (χ1) is 17.1. The van der Waals surface area contributed by atoms with E-state index in [2.05, 4.69) is 67.2 Å². The number of carbonyl (C=O) groups excluding carboxylic acids is 1. The predicted octanol–water partition coefficient (Wildman–Crippen LogP) is 11.4. The molecule has 0 bridgehead atoms. The molecule has 0 saturated heterocycles. The number of allylic oxidation sites excluding steroid dienone is 5. The third kappa shape index (κ3) is 15.9. The number of carbonyl (C=O) groups is 1. The van der Waals surface area contributed by atoms with Gasteiger partial charge in [-0.05, 0) is 95.3 Å². The second kappa shape index (κ2) is 19.0. The Morgan fingerprint density at radius 3 is 2.19 bits per heavy atom.